The molecular weight excluding hydrogens is 260 g/mol. The van der Waals surface area contributed by atoms with E-state index in [1.807, 2.05) is 18.2 Å². The Kier molecular flexibility index (Phi) is 2.54. The minimum absolute atomic E-state index is 0.835. The Morgan fingerprint density at radius 3 is 2.81 bits per heavy atom. The average molecular weight is 275 g/mol. The Hall–Kier alpha value is -2.68. The zero-order valence-electron chi connectivity index (χ0n) is 12.0. The molecular formula is C18H15N2O+. The van der Waals surface area contributed by atoms with E-state index in [9.17, 15) is 0 Å². The fourth-order valence-corrected chi connectivity index (χ4v) is 2.83. The van der Waals surface area contributed by atoms with E-state index in [4.69, 9.17) is 4.42 Å². The van der Waals surface area contributed by atoms with Crippen molar-refractivity contribution >= 4 is 22.1 Å². The predicted molar refractivity (Wildman–Crippen MR) is 82.9 cm³/mol. The summed E-state index contributed by atoms with van der Waals surface area (Å²) in [4.78, 5) is 4.43. The lowest BCUT2D eigenvalue weighted by atomic mass is 10.0. The molecule has 0 aliphatic carbocycles. The molecule has 3 nitrogen and oxygen atoms in total. The van der Waals surface area contributed by atoms with E-state index in [0.29, 0.717) is 0 Å². The highest BCUT2D eigenvalue weighted by atomic mass is 16.3. The molecule has 0 N–H and O–H groups in total. The SMILES string of the molecule is Cc1cc2c(cc1-c1cccc[n+]1C)oc1cccnc12. The van der Waals surface area contributed by atoms with Crippen LogP contribution in [0.2, 0.25) is 0 Å². The molecule has 21 heavy (non-hydrogen) atoms. The lowest BCUT2D eigenvalue weighted by Crippen LogP contribution is -2.30. The summed E-state index contributed by atoms with van der Waals surface area (Å²) >= 11 is 0. The van der Waals surface area contributed by atoms with Gasteiger partial charge in [0.05, 0.1) is 5.56 Å². The fourth-order valence-electron chi connectivity index (χ4n) is 2.83. The fraction of sp³-hybridized carbons (Fsp3) is 0.111. The summed E-state index contributed by atoms with van der Waals surface area (Å²) in [5.74, 6) is 0. The molecule has 3 heteroatoms. The van der Waals surface area contributed by atoms with Gasteiger partial charge in [0.1, 0.15) is 18.1 Å². The van der Waals surface area contributed by atoms with Crippen LogP contribution in [0, 0.1) is 6.92 Å². The standard InChI is InChI=1S/C18H15N2O/c1-12-10-14-17(21-16-7-5-8-19-18(14)16)11-13(12)15-6-3-4-9-20(15)2/h3-11H,1-2H3/q+1. The van der Waals surface area contributed by atoms with Gasteiger partial charge in [0.25, 0.3) is 0 Å². The van der Waals surface area contributed by atoms with Crippen molar-refractivity contribution in [2.45, 2.75) is 6.92 Å². The summed E-state index contributed by atoms with van der Waals surface area (Å²) in [6.07, 6.45) is 3.86. The largest absolute Gasteiger partial charge is 0.454 e. The molecule has 0 amide bonds. The smallest absolute Gasteiger partial charge is 0.212 e. The first kappa shape index (κ1) is 12.1. The second-order valence-corrected chi connectivity index (χ2v) is 5.31. The number of rotatable bonds is 1. The van der Waals surface area contributed by atoms with Crippen molar-refractivity contribution in [3.8, 4) is 11.3 Å². The number of aromatic nitrogens is 2. The van der Waals surface area contributed by atoms with Crippen molar-refractivity contribution in [2.75, 3.05) is 0 Å². The lowest BCUT2D eigenvalue weighted by Gasteiger charge is -2.04. The van der Waals surface area contributed by atoms with E-state index >= 15 is 0 Å². The quantitative estimate of drug-likeness (QED) is 0.495. The highest BCUT2D eigenvalue weighted by Crippen LogP contribution is 2.32. The molecule has 3 aromatic heterocycles. The zero-order valence-corrected chi connectivity index (χ0v) is 12.0. The minimum atomic E-state index is 0.835. The first-order valence-electron chi connectivity index (χ1n) is 6.97. The third-order valence-corrected chi connectivity index (χ3v) is 3.90. The van der Waals surface area contributed by atoms with Crippen molar-refractivity contribution in [2.24, 2.45) is 7.05 Å². The van der Waals surface area contributed by atoms with Gasteiger partial charge in [-0.25, -0.2) is 4.57 Å². The molecule has 0 saturated heterocycles. The molecule has 3 heterocycles. The molecule has 0 radical (unpaired) electrons. The van der Waals surface area contributed by atoms with Crippen LogP contribution in [0.5, 0.6) is 0 Å². The van der Waals surface area contributed by atoms with E-state index in [-0.39, 0.29) is 0 Å². The van der Waals surface area contributed by atoms with Gasteiger partial charge in [0, 0.05) is 23.7 Å². The second kappa shape index (κ2) is 4.42. The summed E-state index contributed by atoms with van der Waals surface area (Å²) in [5, 5.41) is 1.07. The van der Waals surface area contributed by atoms with Gasteiger partial charge >= 0.3 is 0 Å². The molecule has 0 saturated carbocycles. The van der Waals surface area contributed by atoms with E-state index in [2.05, 4.69) is 54.0 Å². The van der Waals surface area contributed by atoms with Crippen LogP contribution < -0.4 is 4.57 Å². The Balaban J connectivity index is 2.06. The first-order valence-corrected chi connectivity index (χ1v) is 6.97. The molecule has 0 aliphatic heterocycles. The van der Waals surface area contributed by atoms with Crippen molar-refractivity contribution in [3.05, 3.63) is 60.4 Å². The van der Waals surface area contributed by atoms with Gasteiger partial charge < -0.3 is 4.42 Å². The first-order chi connectivity index (χ1) is 10.2. The van der Waals surface area contributed by atoms with E-state index in [1.54, 1.807) is 6.20 Å². The molecule has 102 valence electrons. The lowest BCUT2D eigenvalue weighted by molar-refractivity contribution is -0.660. The molecule has 0 bridgehead atoms. The number of hydrogen-bond acceptors (Lipinski definition) is 2. The van der Waals surface area contributed by atoms with Gasteiger partial charge in [0.15, 0.2) is 11.8 Å². The molecule has 0 fully saturated rings. The molecule has 0 atom stereocenters. The van der Waals surface area contributed by atoms with Crippen molar-refractivity contribution in [1.82, 2.24) is 4.98 Å². The van der Waals surface area contributed by atoms with Crippen molar-refractivity contribution < 1.29 is 8.98 Å². The van der Waals surface area contributed by atoms with Gasteiger partial charge in [-0.15, -0.1) is 0 Å². The average Bonchev–Trinajstić information content (AvgIpc) is 2.85. The molecule has 1 aromatic carbocycles. The Labute approximate surface area is 122 Å². The molecule has 0 aliphatic rings. The number of benzene rings is 1. The van der Waals surface area contributed by atoms with Gasteiger partial charge in [0.2, 0.25) is 5.69 Å². The second-order valence-electron chi connectivity index (χ2n) is 5.31. The summed E-state index contributed by atoms with van der Waals surface area (Å²) in [7, 11) is 2.05. The highest BCUT2D eigenvalue weighted by molar-refractivity contribution is 6.03. The normalized spacial score (nSPS) is 11.3. The summed E-state index contributed by atoms with van der Waals surface area (Å²) < 4.78 is 8.06. The number of aryl methyl sites for hydroxylation is 2. The minimum Gasteiger partial charge on any atom is -0.454 e. The topological polar surface area (TPSA) is 29.9 Å². The summed E-state index contributed by atoms with van der Waals surface area (Å²) in [5.41, 5.74) is 6.22. The number of hydrogen-bond donors (Lipinski definition) is 0. The maximum Gasteiger partial charge on any atom is 0.212 e. The van der Waals surface area contributed by atoms with Crippen LogP contribution in [0.1, 0.15) is 5.56 Å². The maximum absolute atomic E-state index is 5.94. The molecule has 0 unspecified atom stereocenters. The highest BCUT2D eigenvalue weighted by Gasteiger charge is 2.16. The third-order valence-electron chi connectivity index (χ3n) is 3.90. The van der Waals surface area contributed by atoms with Gasteiger partial charge in [-0.2, -0.15) is 0 Å². The molecule has 4 rings (SSSR count). The van der Waals surface area contributed by atoms with E-state index in [0.717, 1.165) is 22.1 Å². The maximum atomic E-state index is 5.94. The van der Waals surface area contributed by atoms with Crippen LogP contribution in [0.15, 0.2) is 59.3 Å². The molecule has 0 spiro atoms. The Morgan fingerprint density at radius 2 is 1.95 bits per heavy atom. The molecule has 4 aromatic rings. The van der Waals surface area contributed by atoms with Gasteiger partial charge in [-0.05, 0) is 42.8 Å². The van der Waals surface area contributed by atoms with Crippen molar-refractivity contribution in [1.29, 1.82) is 0 Å². The van der Waals surface area contributed by atoms with Crippen molar-refractivity contribution in [3.63, 3.8) is 0 Å². The number of pyridine rings is 2. The third kappa shape index (κ3) is 1.82. The van der Waals surface area contributed by atoms with E-state index in [1.165, 1.54) is 16.8 Å². The van der Waals surface area contributed by atoms with Gasteiger partial charge in [-0.1, -0.05) is 0 Å². The van der Waals surface area contributed by atoms with Gasteiger partial charge in [-0.3, -0.25) is 4.98 Å². The summed E-state index contributed by atoms with van der Waals surface area (Å²) in [6.45, 7) is 2.13. The van der Waals surface area contributed by atoms with Crippen LogP contribution in [0.4, 0.5) is 0 Å². The van der Waals surface area contributed by atoms with Crippen LogP contribution in [0.3, 0.4) is 0 Å². The Morgan fingerprint density at radius 1 is 1.05 bits per heavy atom. The number of nitrogens with zero attached hydrogens (tertiary/aromatic N) is 2. The summed E-state index contributed by atoms with van der Waals surface area (Å²) in [6, 6.07) is 14.3. The number of fused-ring (bicyclic) bond motifs is 3. The zero-order chi connectivity index (χ0) is 14.4. The monoisotopic (exact) mass is 275 g/mol. The number of furan rings is 1. The van der Waals surface area contributed by atoms with Crippen LogP contribution in [0.25, 0.3) is 33.3 Å². The van der Waals surface area contributed by atoms with Crippen LogP contribution in [-0.2, 0) is 7.05 Å². The van der Waals surface area contributed by atoms with E-state index < -0.39 is 0 Å². The Bertz CT molecular complexity index is 969. The van der Waals surface area contributed by atoms with Crippen LogP contribution >= 0.6 is 0 Å². The predicted octanol–water partition coefficient (Wildman–Crippen LogP) is 3.78. The van der Waals surface area contributed by atoms with Crippen LogP contribution in [-0.4, -0.2) is 4.98 Å².